The van der Waals surface area contributed by atoms with Gasteiger partial charge in [-0.1, -0.05) is 11.6 Å². The molecule has 2 atom stereocenters. The number of aliphatic hydroxyl groups excluding tert-OH is 1. The van der Waals surface area contributed by atoms with Crippen LogP contribution in [0.2, 0.25) is 5.15 Å². The number of rotatable bonds is 2. The van der Waals surface area contributed by atoms with E-state index in [1.165, 1.54) is 6.92 Å². The molecule has 1 amide bonds. The SMILES string of the molecule is CC(=O)N1CCNC(CO)C1c1cc(Cl)nc(Br)c1. The highest BCUT2D eigenvalue weighted by atomic mass is 79.9. The molecule has 0 saturated carbocycles. The Morgan fingerprint density at radius 1 is 1.68 bits per heavy atom. The van der Waals surface area contributed by atoms with Crippen molar-refractivity contribution >= 4 is 33.4 Å². The van der Waals surface area contributed by atoms with Gasteiger partial charge in [0.15, 0.2) is 0 Å². The number of halogens is 2. The molecular formula is C12H15BrClN3O2. The summed E-state index contributed by atoms with van der Waals surface area (Å²) >= 11 is 9.26. The maximum Gasteiger partial charge on any atom is 0.220 e. The smallest absolute Gasteiger partial charge is 0.220 e. The van der Waals surface area contributed by atoms with Gasteiger partial charge in [0.2, 0.25) is 5.91 Å². The van der Waals surface area contributed by atoms with Crippen molar-refractivity contribution in [2.45, 2.75) is 19.0 Å². The number of nitrogens with zero attached hydrogens (tertiary/aromatic N) is 2. The third-order valence-corrected chi connectivity index (χ3v) is 3.80. The molecule has 2 N–H and O–H groups in total. The van der Waals surface area contributed by atoms with E-state index in [4.69, 9.17) is 11.6 Å². The van der Waals surface area contributed by atoms with Crippen molar-refractivity contribution in [3.8, 4) is 0 Å². The summed E-state index contributed by atoms with van der Waals surface area (Å²) in [5.74, 6) is -0.0194. The van der Waals surface area contributed by atoms with Gasteiger partial charge in [-0.25, -0.2) is 4.98 Å². The molecule has 1 aliphatic heterocycles. The Labute approximate surface area is 125 Å². The molecule has 1 aliphatic rings. The van der Waals surface area contributed by atoms with Gasteiger partial charge in [-0.15, -0.1) is 0 Å². The van der Waals surface area contributed by atoms with Gasteiger partial charge in [0, 0.05) is 20.0 Å². The summed E-state index contributed by atoms with van der Waals surface area (Å²) in [5, 5.41) is 13.1. The second-order valence-corrected chi connectivity index (χ2v) is 5.65. The maximum atomic E-state index is 11.8. The molecule has 0 bridgehead atoms. The first-order chi connectivity index (χ1) is 9.02. The highest BCUT2D eigenvalue weighted by Crippen LogP contribution is 2.30. The monoisotopic (exact) mass is 347 g/mol. The first-order valence-electron chi connectivity index (χ1n) is 5.97. The van der Waals surface area contributed by atoms with Crippen molar-refractivity contribution in [2.75, 3.05) is 19.7 Å². The number of carbonyl (C=O) groups excluding carboxylic acids is 1. The quantitative estimate of drug-likeness (QED) is 0.792. The van der Waals surface area contributed by atoms with Crippen molar-refractivity contribution in [1.82, 2.24) is 15.2 Å². The van der Waals surface area contributed by atoms with Gasteiger partial charge in [-0.2, -0.15) is 0 Å². The summed E-state index contributed by atoms with van der Waals surface area (Å²) in [6.45, 7) is 2.76. The molecule has 104 valence electrons. The number of carbonyl (C=O) groups is 1. The van der Waals surface area contributed by atoms with Gasteiger partial charge in [0.1, 0.15) is 9.76 Å². The lowest BCUT2D eigenvalue weighted by Crippen LogP contribution is -2.55. The van der Waals surface area contributed by atoms with Crippen LogP contribution >= 0.6 is 27.5 Å². The standard InChI is InChI=1S/C12H15BrClN3O2/c1-7(19)17-3-2-15-9(6-18)12(17)8-4-10(13)16-11(14)5-8/h4-5,9,12,15,18H,2-3,6H2,1H3. The van der Waals surface area contributed by atoms with Crippen LogP contribution in [-0.4, -0.2) is 46.6 Å². The lowest BCUT2D eigenvalue weighted by molar-refractivity contribution is -0.133. The van der Waals surface area contributed by atoms with Crippen LogP contribution in [0.4, 0.5) is 0 Å². The zero-order chi connectivity index (χ0) is 14.0. The van der Waals surface area contributed by atoms with E-state index in [1.807, 2.05) is 6.07 Å². The average Bonchev–Trinajstić information content (AvgIpc) is 2.36. The summed E-state index contributed by atoms with van der Waals surface area (Å²) in [6, 6.07) is 3.10. The molecule has 1 aromatic heterocycles. The van der Waals surface area contributed by atoms with Crippen LogP contribution in [0.15, 0.2) is 16.7 Å². The van der Waals surface area contributed by atoms with E-state index in [2.05, 4.69) is 26.2 Å². The molecule has 0 aromatic carbocycles. The van der Waals surface area contributed by atoms with Gasteiger partial charge < -0.3 is 15.3 Å². The molecule has 19 heavy (non-hydrogen) atoms. The summed E-state index contributed by atoms with van der Waals surface area (Å²) in [5.41, 5.74) is 0.855. The van der Waals surface area contributed by atoms with Crippen molar-refractivity contribution in [2.24, 2.45) is 0 Å². The number of hydrogen-bond acceptors (Lipinski definition) is 4. The second kappa shape index (κ2) is 6.17. The van der Waals surface area contributed by atoms with Crippen molar-refractivity contribution in [3.05, 3.63) is 27.5 Å². The van der Waals surface area contributed by atoms with Crippen LogP contribution in [-0.2, 0) is 4.79 Å². The van der Waals surface area contributed by atoms with Gasteiger partial charge in [0.25, 0.3) is 0 Å². The zero-order valence-electron chi connectivity index (χ0n) is 10.4. The van der Waals surface area contributed by atoms with Crippen LogP contribution < -0.4 is 5.32 Å². The fraction of sp³-hybridized carbons (Fsp3) is 0.500. The molecule has 2 unspecified atom stereocenters. The summed E-state index contributed by atoms with van der Waals surface area (Å²) in [7, 11) is 0. The number of nitrogens with one attached hydrogen (secondary N) is 1. The minimum absolute atomic E-state index is 0.0194. The first kappa shape index (κ1) is 14.7. The van der Waals surface area contributed by atoms with Crippen molar-refractivity contribution in [3.63, 3.8) is 0 Å². The Balaban J connectivity index is 2.42. The molecule has 0 aliphatic carbocycles. The maximum absolute atomic E-state index is 11.8. The van der Waals surface area contributed by atoms with Crippen LogP contribution in [0, 0.1) is 0 Å². The van der Waals surface area contributed by atoms with Crippen molar-refractivity contribution < 1.29 is 9.90 Å². The number of aromatic nitrogens is 1. The fourth-order valence-electron chi connectivity index (χ4n) is 2.42. The van der Waals surface area contributed by atoms with E-state index >= 15 is 0 Å². The molecule has 1 saturated heterocycles. The third-order valence-electron chi connectivity index (χ3n) is 3.20. The number of amides is 1. The van der Waals surface area contributed by atoms with Crippen LogP contribution in [0.1, 0.15) is 18.5 Å². The van der Waals surface area contributed by atoms with Crippen LogP contribution in [0.5, 0.6) is 0 Å². The molecule has 0 spiro atoms. The lowest BCUT2D eigenvalue weighted by Gasteiger charge is -2.41. The zero-order valence-corrected chi connectivity index (χ0v) is 12.8. The van der Waals surface area contributed by atoms with Gasteiger partial charge in [0.05, 0.1) is 18.7 Å². The van der Waals surface area contributed by atoms with E-state index in [9.17, 15) is 9.90 Å². The van der Waals surface area contributed by atoms with Crippen LogP contribution in [0.25, 0.3) is 0 Å². The third kappa shape index (κ3) is 3.25. The number of hydrogen-bond donors (Lipinski definition) is 2. The van der Waals surface area contributed by atoms with Crippen molar-refractivity contribution in [1.29, 1.82) is 0 Å². The lowest BCUT2D eigenvalue weighted by atomic mass is 9.96. The molecule has 1 aromatic rings. The Morgan fingerprint density at radius 3 is 3.00 bits per heavy atom. The highest BCUT2D eigenvalue weighted by molar-refractivity contribution is 9.10. The number of piperazine rings is 1. The molecule has 0 radical (unpaired) electrons. The number of pyridine rings is 1. The molecule has 5 nitrogen and oxygen atoms in total. The predicted octanol–water partition coefficient (Wildman–Crippen LogP) is 1.35. The van der Waals surface area contributed by atoms with E-state index in [-0.39, 0.29) is 24.6 Å². The van der Waals surface area contributed by atoms with Gasteiger partial charge in [-0.3, -0.25) is 4.79 Å². The van der Waals surface area contributed by atoms with Gasteiger partial charge in [-0.05, 0) is 33.6 Å². The molecular weight excluding hydrogens is 334 g/mol. The largest absolute Gasteiger partial charge is 0.395 e. The molecule has 7 heteroatoms. The minimum atomic E-state index is -0.243. The van der Waals surface area contributed by atoms with E-state index in [0.717, 1.165) is 5.56 Å². The summed E-state index contributed by atoms with van der Waals surface area (Å²) in [4.78, 5) is 17.6. The summed E-state index contributed by atoms with van der Waals surface area (Å²) in [6.07, 6.45) is 0. The van der Waals surface area contributed by atoms with E-state index in [0.29, 0.717) is 22.8 Å². The van der Waals surface area contributed by atoms with Gasteiger partial charge >= 0.3 is 0 Å². The normalized spacial score (nSPS) is 23.5. The Bertz CT molecular complexity index is 466. The Morgan fingerprint density at radius 2 is 2.42 bits per heavy atom. The second-order valence-electron chi connectivity index (χ2n) is 4.45. The summed E-state index contributed by atoms with van der Waals surface area (Å²) < 4.78 is 0.612. The average molecular weight is 349 g/mol. The molecule has 1 fully saturated rings. The van der Waals surface area contributed by atoms with E-state index < -0.39 is 0 Å². The molecule has 2 heterocycles. The molecule has 2 rings (SSSR count). The first-order valence-corrected chi connectivity index (χ1v) is 7.14. The minimum Gasteiger partial charge on any atom is -0.395 e. The Kier molecular flexibility index (Phi) is 4.78. The Hall–Kier alpha value is -0.690. The topological polar surface area (TPSA) is 65.5 Å². The number of aliphatic hydroxyl groups is 1. The predicted molar refractivity (Wildman–Crippen MR) is 76.0 cm³/mol. The van der Waals surface area contributed by atoms with Crippen LogP contribution in [0.3, 0.4) is 0 Å². The van der Waals surface area contributed by atoms with E-state index in [1.54, 1.807) is 11.0 Å². The highest BCUT2D eigenvalue weighted by Gasteiger charge is 2.33. The fourth-order valence-corrected chi connectivity index (χ4v) is 3.20.